The third kappa shape index (κ3) is 1.54. The van der Waals surface area contributed by atoms with Crippen LogP contribution in [-0.4, -0.2) is 6.54 Å². The van der Waals surface area contributed by atoms with Gasteiger partial charge in [-0.05, 0) is 46.1 Å². The minimum atomic E-state index is 0.0510. The van der Waals surface area contributed by atoms with Crippen molar-refractivity contribution in [3.63, 3.8) is 0 Å². The van der Waals surface area contributed by atoms with Crippen molar-refractivity contribution in [1.29, 1.82) is 0 Å². The Morgan fingerprint density at radius 1 is 1.33 bits per heavy atom. The molecule has 0 fully saturated rings. The summed E-state index contributed by atoms with van der Waals surface area (Å²) < 4.78 is 11.8. The molecule has 0 aliphatic carbocycles. The molecule has 0 spiro atoms. The van der Waals surface area contributed by atoms with Gasteiger partial charge in [0.05, 0.1) is 6.26 Å². The van der Waals surface area contributed by atoms with Crippen LogP contribution in [0.1, 0.15) is 23.1 Å². The highest BCUT2D eigenvalue weighted by atomic mass is 79.9. The average molecular weight is 268 g/mol. The van der Waals surface area contributed by atoms with Crippen LogP contribution in [0.5, 0.6) is 0 Å². The van der Waals surface area contributed by atoms with E-state index in [1.165, 1.54) is 5.56 Å². The molecule has 1 aliphatic rings. The lowest BCUT2D eigenvalue weighted by Crippen LogP contribution is -2.29. The Morgan fingerprint density at radius 2 is 2.27 bits per heavy atom. The molecule has 1 atom stereocenters. The Kier molecular flexibility index (Phi) is 2.18. The Morgan fingerprint density at radius 3 is 3.07 bits per heavy atom. The maximum absolute atomic E-state index is 5.54. The summed E-state index contributed by atoms with van der Waals surface area (Å²) in [6.07, 6.45) is 2.76. The number of fused-ring (bicyclic) bond motifs is 1. The highest BCUT2D eigenvalue weighted by Crippen LogP contribution is 2.31. The van der Waals surface area contributed by atoms with Crippen LogP contribution in [0.3, 0.4) is 0 Å². The van der Waals surface area contributed by atoms with E-state index in [2.05, 4.69) is 21.2 Å². The molecule has 1 N–H and O–H groups in total. The molecule has 0 aromatic carbocycles. The smallest absolute Gasteiger partial charge is 0.169 e. The molecule has 0 saturated carbocycles. The molecule has 15 heavy (non-hydrogen) atoms. The molecule has 2 aromatic heterocycles. The van der Waals surface area contributed by atoms with Gasteiger partial charge in [0.1, 0.15) is 17.6 Å². The second kappa shape index (κ2) is 3.54. The van der Waals surface area contributed by atoms with Crippen LogP contribution in [0.15, 0.2) is 38.0 Å². The molecule has 1 aliphatic heterocycles. The van der Waals surface area contributed by atoms with E-state index in [9.17, 15) is 0 Å². The van der Waals surface area contributed by atoms with Crippen molar-refractivity contribution in [2.75, 3.05) is 6.54 Å². The van der Waals surface area contributed by atoms with Gasteiger partial charge in [0, 0.05) is 6.54 Å². The van der Waals surface area contributed by atoms with Crippen LogP contribution in [0.2, 0.25) is 0 Å². The fraction of sp³-hybridized carbons (Fsp3) is 0.273. The van der Waals surface area contributed by atoms with Crippen LogP contribution >= 0.6 is 15.9 Å². The van der Waals surface area contributed by atoms with Crippen molar-refractivity contribution in [2.24, 2.45) is 0 Å². The summed E-state index contributed by atoms with van der Waals surface area (Å²) in [5.74, 6) is 1.86. The number of hydrogen-bond donors (Lipinski definition) is 1. The highest BCUT2D eigenvalue weighted by molar-refractivity contribution is 9.10. The monoisotopic (exact) mass is 267 g/mol. The average Bonchev–Trinajstić information content (AvgIpc) is 2.84. The van der Waals surface area contributed by atoms with Crippen molar-refractivity contribution in [1.82, 2.24) is 5.32 Å². The molecule has 4 heteroatoms. The van der Waals surface area contributed by atoms with Gasteiger partial charge in [-0.3, -0.25) is 0 Å². The van der Waals surface area contributed by atoms with Crippen LogP contribution in [-0.2, 0) is 6.42 Å². The maximum Gasteiger partial charge on any atom is 0.169 e. The SMILES string of the molecule is Brc1ccc(C2NCCc3ccoc32)o1. The standard InChI is InChI=1S/C11H10BrNO2/c12-9-2-1-8(15-9)10-11-7(3-5-13-10)4-6-14-11/h1-2,4,6,10,13H,3,5H2. The lowest BCUT2D eigenvalue weighted by atomic mass is 10.0. The van der Waals surface area contributed by atoms with Gasteiger partial charge < -0.3 is 14.2 Å². The molecule has 0 amide bonds. The predicted molar refractivity (Wildman–Crippen MR) is 58.7 cm³/mol. The summed E-state index contributed by atoms with van der Waals surface area (Å²) in [5.41, 5.74) is 1.27. The second-order valence-corrected chi connectivity index (χ2v) is 4.37. The first-order valence-electron chi connectivity index (χ1n) is 4.89. The van der Waals surface area contributed by atoms with E-state index in [0.717, 1.165) is 29.2 Å². The van der Waals surface area contributed by atoms with Crippen molar-refractivity contribution >= 4 is 15.9 Å². The van der Waals surface area contributed by atoms with E-state index >= 15 is 0 Å². The normalized spacial score (nSPS) is 20.2. The predicted octanol–water partition coefficient (Wildman–Crippen LogP) is 2.87. The molecule has 78 valence electrons. The van der Waals surface area contributed by atoms with Gasteiger partial charge in [0.25, 0.3) is 0 Å². The molecule has 1 unspecified atom stereocenters. The largest absolute Gasteiger partial charge is 0.467 e. The summed E-state index contributed by atoms with van der Waals surface area (Å²) in [7, 11) is 0. The van der Waals surface area contributed by atoms with Gasteiger partial charge in [0.2, 0.25) is 0 Å². The summed E-state index contributed by atoms with van der Waals surface area (Å²) in [6.45, 7) is 0.954. The number of rotatable bonds is 1. The maximum atomic E-state index is 5.54. The summed E-state index contributed by atoms with van der Waals surface area (Å²) in [5, 5.41) is 3.38. The van der Waals surface area contributed by atoms with Gasteiger partial charge in [-0.15, -0.1) is 0 Å². The minimum Gasteiger partial charge on any atom is -0.467 e. The third-order valence-electron chi connectivity index (χ3n) is 2.66. The van der Waals surface area contributed by atoms with E-state index in [1.54, 1.807) is 6.26 Å². The van der Waals surface area contributed by atoms with Gasteiger partial charge in [-0.2, -0.15) is 0 Å². The van der Waals surface area contributed by atoms with Gasteiger partial charge >= 0.3 is 0 Å². The number of nitrogens with one attached hydrogen (secondary N) is 1. The molecule has 2 aromatic rings. The summed E-state index contributed by atoms with van der Waals surface area (Å²) >= 11 is 3.30. The van der Waals surface area contributed by atoms with Crippen molar-refractivity contribution < 1.29 is 8.83 Å². The Balaban J connectivity index is 2.02. The first-order chi connectivity index (χ1) is 7.34. The third-order valence-corrected chi connectivity index (χ3v) is 3.09. The van der Waals surface area contributed by atoms with Gasteiger partial charge in [-0.1, -0.05) is 0 Å². The van der Waals surface area contributed by atoms with Crippen molar-refractivity contribution in [3.05, 3.63) is 46.2 Å². The van der Waals surface area contributed by atoms with Crippen LogP contribution in [0.25, 0.3) is 0 Å². The summed E-state index contributed by atoms with van der Waals surface area (Å²) in [4.78, 5) is 0. The first-order valence-corrected chi connectivity index (χ1v) is 5.69. The minimum absolute atomic E-state index is 0.0510. The molecular weight excluding hydrogens is 258 g/mol. The Bertz CT molecular complexity index is 474. The van der Waals surface area contributed by atoms with Gasteiger partial charge in [0.15, 0.2) is 4.67 Å². The lowest BCUT2D eigenvalue weighted by molar-refractivity contribution is 0.367. The number of halogens is 1. The molecule has 0 radical (unpaired) electrons. The fourth-order valence-corrected chi connectivity index (χ4v) is 2.28. The van der Waals surface area contributed by atoms with E-state index in [1.807, 2.05) is 18.2 Å². The number of furan rings is 2. The van der Waals surface area contributed by atoms with Gasteiger partial charge in [-0.25, -0.2) is 0 Å². The first kappa shape index (κ1) is 9.24. The molecule has 3 heterocycles. The zero-order valence-corrected chi connectivity index (χ0v) is 9.58. The van der Waals surface area contributed by atoms with Crippen LogP contribution < -0.4 is 5.32 Å². The topological polar surface area (TPSA) is 38.3 Å². The number of hydrogen-bond acceptors (Lipinski definition) is 3. The van der Waals surface area contributed by atoms with E-state index in [-0.39, 0.29) is 6.04 Å². The van der Waals surface area contributed by atoms with E-state index in [4.69, 9.17) is 8.83 Å². The lowest BCUT2D eigenvalue weighted by Gasteiger charge is -2.20. The van der Waals surface area contributed by atoms with E-state index in [0.29, 0.717) is 0 Å². The van der Waals surface area contributed by atoms with E-state index < -0.39 is 0 Å². The molecule has 3 rings (SSSR count). The molecular formula is C11H10BrNO2. The van der Waals surface area contributed by atoms with Crippen LogP contribution in [0.4, 0.5) is 0 Å². The highest BCUT2D eigenvalue weighted by Gasteiger charge is 2.26. The Labute approximate surface area is 95.6 Å². The van der Waals surface area contributed by atoms with Crippen molar-refractivity contribution in [3.8, 4) is 0 Å². The molecule has 0 bridgehead atoms. The quantitative estimate of drug-likeness (QED) is 0.864. The summed E-state index contributed by atoms with van der Waals surface area (Å²) in [6, 6.07) is 5.93. The zero-order valence-electron chi connectivity index (χ0n) is 8.00. The van der Waals surface area contributed by atoms with Crippen LogP contribution in [0, 0.1) is 0 Å². The second-order valence-electron chi connectivity index (χ2n) is 3.59. The fourth-order valence-electron chi connectivity index (χ4n) is 1.96. The van der Waals surface area contributed by atoms with Crippen molar-refractivity contribution in [2.45, 2.75) is 12.5 Å². The Hall–Kier alpha value is -1.00. The molecule has 0 saturated heterocycles. The molecule has 3 nitrogen and oxygen atoms in total. The zero-order chi connectivity index (χ0) is 10.3.